The largest absolute Gasteiger partial charge is 0.497 e. The molecule has 1 aliphatic heterocycles. The monoisotopic (exact) mass is 450 g/mol. The molecular weight excluding hydrogens is 428 g/mol. The van der Waals surface area contributed by atoms with Crippen molar-refractivity contribution < 1.29 is 24.0 Å². The Morgan fingerprint density at radius 3 is 2.42 bits per heavy atom. The van der Waals surface area contributed by atoms with Crippen LogP contribution in [0.4, 0.5) is 10.6 Å². The summed E-state index contributed by atoms with van der Waals surface area (Å²) in [6.07, 6.45) is 0.958. The molecule has 1 aliphatic rings. The molecule has 1 saturated heterocycles. The zero-order valence-electron chi connectivity index (χ0n) is 18.2. The van der Waals surface area contributed by atoms with Crippen molar-refractivity contribution in [2.24, 2.45) is 0 Å². The molecule has 1 fully saturated rings. The number of rotatable bonds is 6. The molecule has 0 spiro atoms. The first-order chi connectivity index (χ1) is 15.8. The summed E-state index contributed by atoms with van der Waals surface area (Å²) in [5.74, 6) is -0.444. The molecule has 0 aliphatic carbocycles. The summed E-state index contributed by atoms with van der Waals surface area (Å²) in [6.45, 7) is 3.31. The third-order valence-corrected chi connectivity index (χ3v) is 5.96. The van der Waals surface area contributed by atoms with Crippen LogP contribution in [0.25, 0.3) is 0 Å². The number of ether oxygens (including phenoxy) is 2. The van der Waals surface area contributed by atoms with Gasteiger partial charge in [0.2, 0.25) is 6.33 Å². The van der Waals surface area contributed by atoms with Gasteiger partial charge in [0.05, 0.1) is 13.2 Å². The molecule has 10 heteroatoms. The normalized spacial score (nSPS) is 19.6. The van der Waals surface area contributed by atoms with Gasteiger partial charge in [-0.05, 0) is 47.0 Å². The molecule has 0 bridgehead atoms. The first-order valence-electron chi connectivity index (χ1n) is 10.2. The number of carbonyl (C=O) groups excluding carboxylic acids is 2. The van der Waals surface area contributed by atoms with Crippen molar-refractivity contribution >= 4 is 17.8 Å². The van der Waals surface area contributed by atoms with E-state index in [0.29, 0.717) is 11.3 Å². The summed E-state index contributed by atoms with van der Waals surface area (Å²) in [7, 11) is 1.52. The second-order valence-electron chi connectivity index (χ2n) is 7.83. The van der Waals surface area contributed by atoms with E-state index in [0.717, 1.165) is 10.5 Å². The molecule has 3 aromatic rings. The first kappa shape index (κ1) is 22.0. The van der Waals surface area contributed by atoms with E-state index < -0.39 is 40.4 Å². The number of nitrogens with zero attached hydrogens (tertiary/aromatic N) is 4. The Balaban J connectivity index is 1.78. The number of aromatic nitrogens is 2. The highest BCUT2D eigenvalue weighted by Gasteiger charge is 2.51. The minimum absolute atomic E-state index is 0.415. The molecular formula is C23H22N4O6. The highest BCUT2D eigenvalue weighted by atomic mass is 16.6. The van der Waals surface area contributed by atoms with Gasteiger partial charge in [-0.2, -0.15) is 0 Å². The lowest BCUT2D eigenvalue weighted by Crippen LogP contribution is -2.52. The van der Waals surface area contributed by atoms with E-state index in [2.05, 4.69) is 4.98 Å². The van der Waals surface area contributed by atoms with Crippen molar-refractivity contribution in [2.45, 2.75) is 31.5 Å². The number of nitro groups is 1. The molecule has 1 aromatic heterocycles. The van der Waals surface area contributed by atoms with Gasteiger partial charge in [0, 0.05) is 0 Å². The summed E-state index contributed by atoms with van der Waals surface area (Å²) in [5, 5.41) is 11.2. The highest BCUT2D eigenvalue weighted by Crippen LogP contribution is 2.38. The lowest BCUT2D eigenvalue weighted by molar-refractivity contribution is -0.389. The summed E-state index contributed by atoms with van der Waals surface area (Å²) in [4.78, 5) is 42.3. The number of methoxy groups -OCH3 is 1. The summed E-state index contributed by atoms with van der Waals surface area (Å²) in [6, 6.07) is 15.2. The molecule has 0 radical (unpaired) electrons. The maximum absolute atomic E-state index is 14.0. The molecule has 33 heavy (non-hydrogen) atoms. The molecule has 4 rings (SSSR count). The topological polar surface area (TPSA) is 117 Å². The smallest absolute Gasteiger partial charge is 0.417 e. The Bertz CT molecular complexity index is 1190. The van der Waals surface area contributed by atoms with Crippen LogP contribution in [0.2, 0.25) is 0 Å². The summed E-state index contributed by atoms with van der Waals surface area (Å²) < 4.78 is 12.1. The minimum Gasteiger partial charge on any atom is -0.497 e. The van der Waals surface area contributed by atoms with Gasteiger partial charge in [0.15, 0.2) is 0 Å². The van der Waals surface area contributed by atoms with Crippen LogP contribution >= 0.6 is 0 Å². The van der Waals surface area contributed by atoms with Crippen molar-refractivity contribution in [3.8, 4) is 5.75 Å². The van der Waals surface area contributed by atoms with Gasteiger partial charge in [0.25, 0.3) is 5.91 Å². The highest BCUT2D eigenvalue weighted by molar-refractivity contribution is 5.99. The standard InChI is InChI=1S/C23H22N4O6/c1-15-20(16-7-5-4-6-8-16)33-22(29)26(15)21(28)23(2,17-9-11-18(32-3)12-10-17)25-13-19(24-14-25)27(30)31/h4-15,20H,1-3H3/t15?,20-,23?/m1/s1. The van der Waals surface area contributed by atoms with E-state index in [1.54, 1.807) is 38.1 Å². The SMILES string of the molecule is COc1ccc(C(C)(C(=O)N2C(=O)O[C@@H](c3ccccc3)C2C)n2cnc([N+](=O)[O-])c2)cc1. The van der Waals surface area contributed by atoms with E-state index in [-0.39, 0.29) is 0 Å². The van der Waals surface area contributed by atoms with Gasteiger partial charge in [-0.3, -0.25) is 9.36 Å². The number of imidazole rings is 1. The van der Waals surface area contributed by atoms with Crippen LogP contribution < -0.4 is 4.74 Å². The Morgan fingerprint density at radius 1 is 1.18 bits per heavy atom. The predicted molar refractivity (Wildman–Crippen MR) is 117 cm³/mol. The van der Waals surface area contributed by atoms with Crippen LogP contribution in [0.15, 0.2) is 67.1 Å². The summed E-state index contributed by atoms with van der Waals surface area (Å²) >= 11 is 0. The lowest BCUT2D eigenvalue weighted by atomic mass is 9.89. The first-order valence-corrected chi connectivity index (χ1v) is 10.2. The van der Waals surface area contributed by atoms with Gasteiger partial charge in [0.1, 0.15) is 23.6 Å². The molecule has 2 heterocycles. The molecule has 3 atom stereocenters. The van der Waals surface area contributed by atoms with Gasteiger partial charge < -0.3 is 19.6 Å². The van der Waals surface area contributed by atoms with Crippen molar-refractivity contribution in [1.82, 2.24) is 14.5 Å². The van der Waals surface area contributed by atoms with E-state index in [1.807, 2.05) is 30.3 Å². The second kappa shape index (κ2) is 8.38. The van der Waals surface area contributed by atoms with Crippen molar-refractivity contribution in [2.75, 3.05) is 7.11 Å². The van der Waals surface area contributed by atoms with Crippen LogP contribution in [0.3, 0.4) is 0 Å². The molecule has 2 unspecified atom stereocenters. The average Bonchev–Trinajstić information content (AvgIpc) is 3.44. The number of hydrogen-bond acceptors (Lipinski definition) is 7. The second-order valence-corrected chi connectivity index (χ2v) is 7.83. The minimum atomic E-state index is -1.52. The molecule has 0 N–H and O–H groups in total. The lowest BCUT2D eigenvalue weighted by Gasteiger charge is -2.33. The van der Waals surface area contributed by atoms with Crippen LogP contribution in [0.1, 0.15) is 31.1 Å². The number of benzene rings is 2. The molecule has 2 amide bonds. The predicted octanol–water partition coefficient (Wildman–Crippen LogP) is 3.67. The molecule has 2 aromatic carbocycles. The number of carbonyl (C=O) groups is 2. The van der Waals surface area contributed by atoms with Crippen LogP contribution in [0.5, 0.6) is 5.75 Å². The van der Waals surface area contributed by atoms with Crippen LogP contribution in [0, 0.1) is 10.1 Å². The fourth-order valence-corrected chi connectivity index (χ4v) is 4.01. The number of imide groups is 1. The zero-order valence-corrected chi connectivity index (χ0v) is 18.2. The maximum Gasteiger partial charge on any atom is 0.417 e. The number of amides is 2. The van der Waals surface area contributed by atoms with E-state index in [1.165, 1.54) is 24.2 Å². The van der Waals surface area contributed by atoms with E-state index in [9.17, 15) is 19.7 Å². The van der Waals surface area contributed by atoms with Crippen LogP contribution in [-0.4, -0.2) is 44.5 Å². The van der Waals surface area contributed by atoms with Crippen LogP contribution in [-0.2, 0) is 15.1 Å². The maximum atomic E-state index is 14.0. The molecule has 10 nitrogen and oxygen atoms in total. The molecule has 0 saturated carbocycles. The van der Waals surface area contributed by atoms with Crippen molar-refractivity contribution in [3.63, 3.8) is 0 Å². The third kappa shape index (κ3) is 3.69. The fourth-order valence-electron chi connectivity index (χ4n) is 4.01. The van der Waals surface area contributed by atoms with E-state index in [4.69, 9.17) is 9.47 Å². The average molecular weight is 450 g/mol. The van der Waals surface area contributed by atoms with Gasteiger partial charge >= 0.3 is 11.9 Å². The van der Waals surface area contributed by atoms with E-state index >= 15 is 0 Å². The van der Waals surface area contributed by atoms with Gasteiger partial charge in [-0.15, -0.1) is 0 Å². The Morgan fingerprint density at radius 2 is 1.85 bits per heavy atom. The quantitative estimate of drug-likeness (QED) is 0.415. The Kier molecular flexibility index (Phi) is 5.59. The van der Waals surface area contributed by atoms with Crippen molar-refractivity contribution in [3.05, 3.63) is 88.4 Å². The fraction of sp³-hybridized carbons (Fsp3) is 0.261. The van der Waals surface area contributed by atoms with Gasteiger partial charge in [-0.1, -0.05) is 42.5 Å². The number of cyclic esters (lactones) is 1. The Labute approximate surface area is 189 Å². The third-order valence-electron chi connectivity index (χ3n) is 5.96. The van der Waals surface area contributed by atoms with Gasteiger partial charge in [-0.25, -0.2) is 9.69 Å². The molecule has 170 valence electrons. The Hall–Kier alpha value is -4.21. The summed E-state index contributed by atoms with van der Waals surface area (Å²) in [5.41, 5.74) is -0.270. The van der Waals surface area contributed by atoms with Crippen molar-refractivity contribution in [1.29, 1.82) is 0 Å². The number of hydrogen-bond donors (Lipinski definition) is 0. The zero-order chi connectivity index (χ0) is 23.8.